The molecule has 0 unspecified atom stereocenters. The van der Waals surface area contributed by atoms with Gasteiger partial charge in [0, 0.05) is 43.7 Å². The summed E-state index contributed by atoms with van der Waals surface area (Å²) in [6.07, 6.45) is 5.50. The smallest absolute Gasteiger partial charge is 0.339 e. The van der Waals surface area contributed by atoms with Crippen LogP contribution in [0.2, 0.25) is 0 Å². The molecule has 3 amide bonds. The van der Waals surface area contributed by atoms with Gasteiger partial charge >= 0.3 is 12.0 Å². The Morgan fingerprint density at radius 3 is 2.40 bits per heavy atom. The van der Waals surface area contributed by atoms with Crippen molar-refractivity contribution in [3.05, 3.63) is 90.0 Å². The molecule has 2 saturated heterocycles. The Morgan fingerprint density at radius 2 is 1.74 bits per heavy atom. The SMILES string of the molecule is COc1ccnc(N2C(=O)N(c3ccc(-c4ccc(C(=O)O)cc4)nc3)C(=O)C23CCN(Cc2ncccc2C)CC3)n1. The normalized spacial score (nSPS) is 16.6. The van der Waals surface area contributed by atoms with Gasteiger partial charge in [0.2, 0.25) is 11.8 Å². The lowest BCUT2D eigenvalue weighted by atomic mass is 9.85. The Hall–Kier alpha value is -5.23. The number of aromatic carboxylic acids is 1. The van der Waals surface area contributed by atoms with Gasteiger partial charge in [0.25, 0.3) is 5.91 Å². The molecule has 12 heteroatoms. The number of anilines is 2. The van der Waals surface area contributed by atoms with Crippen LogP contribution in [0.1, 0.15) is 34.5 Å². The summed E-state index contributed by atoms with van der Waals surface area (Å²) in [4.78, 5) is 62.1. The summed E-state index contributed by atoms with van der Waals surface area (Å²) in [6.45, 7) is 3.79. The molecule has 1 spiro atoms. The van der Waals surface area contributed by atoms with Crippen molar-refractivity contribution in [2.24, 2.45) is 0 Å². The van der Waals surface area contributed by atoms with Crippen LogP contribution in [0.3, 0.4) is 0 Å². The topological polar surface area (TPSA) is 142 Å². The molecule has 218 valence electrons. The molecule has 12 nitrogen and oxygen atoms in total. The highest BCUT2D eigenvalue weighted by molar-refractivity contribution is 6.30. The molecule has 0 aliphatic carbocycles. The van der Waals surface area contributed by atoms with Crippen LogP contribution in [0, 0.1) is 6.92 Å². The van der Waals surface area contributed by atoms with Gasteiger partial charge in [-0.2, -0.15) is 4.98 Å². The van der Waals surface area contributed by atoms with Crippen molar-refractivity contribution in [1.82, 2.24) is 24.8 Å². The van der Waals surface area contributed by atoms with Gasteiger partial charge in [0.1, 0.15) is 5.54 Å². The largest absolute Gasteiger partial charge is 0.481 e. The molecule has 1 aromatic carbocycles. The number of rotatable bonds is 7. The van der Waals surface area contributed by atoms with Crippen molar-refractivity contribution in [1.29, 1.82) is 0 Å². The van der Waals surface area contributed by atoms with E-state index in [1.54, 1.807) is 36.5 Å². The lowest BCUT2D eigenvalue weighted by Gasteiger charge is -2.41. The third-order valence-electron chi connectivity index (χ3n) is 8.05. The van der Waals surface area contributed by atoms with Crippen molar-refractivity contribution in [2.75, 3.05) is 30.0 Å². The number of benzene rings is 1. The number of likely N-dealkylation sites (tertiary alicyclic amines) is 1. The fourth-order valence-corrected chi connectivity index (χ4v) is 5.62. The van der Waals surface area contributed by atoms with Crippen LogP contribution in [0.5, 0.6) is 5.88 Å². The predicted octanol–water partition coefficient (Wildman–Crippen LogP) is 3.96. The maximum absolute atomic E-state index is 14.3. The third-order valence-corrected chi connectivity index (χ3v) is 8.05. The van der Waals surface area contributed by atoms with Crippen LogP contribution in [-0.4, -0.2) is 73.6 Å². The van der Waals surface area contributed by atoms with Crippen LogP contribution < -0.4 is 14.5 Å². The van der Waals surface area contributed by atoms with Gasteiger partial charge in [-0.05, 0) is 55.7 Å². The predicted molar refractivity (Wildman–Crippen MR) is 157 cm³/mol. The molecule has 0 radical (unpaired) electrons. The Morgan fingerprint density at radius 1 is 0.977 bits per heavy atom. The molecule has 4 aromatic rings. The molecule has 2 aliphatic heterocycles. The first kappa shape index (κ1) is 27.9. The number of ether oxygens (including phenoxy) is 1. The van der Waals surface area contributed by atoms with E-state index in [1.165, 1.54) is 36.5 Å². The molecular formula is C31H29N7O5. The van der Waals surface area contributed by atoms with E-state index in [0.717, 1.165) is 16.2 Å². The van der Waals surface area contributed by atoms with Gasteiger partial charge in [0.15, 0.2) is 0 Å². The summed E-state index contributed by atoms with van der Waals surface area (Å²) in [5.74, 6) is -1.01. The number of piperidine rings is 1. The fourth-order valence-electron chi connectivity index (χ4n) is 5.62. The number of carbonyl (C=O) groups excluding carboxylic acids is 2. The number of amides is 3. The minimum absolute atomic E-state index is 0.0947. The number of carboxylic acids is 1. The first-order valence-corrected chi connectivity index (χ1v) is 13.8. The molecule has 0 bridgehead atoms. The van der Waals surface area contributed by atoms with E-state index in [2.05, 4.69) is 24.8 Å². The first-order chi connectivity index (χ1) is 20.8. The highest BCUT2D eigenvalue weighted by Gasteiger charge is 2.60. The van der Waals surface area contributed by atoms with Gasteiger partial charge in [0.05, 0.1) is 35.9 Å². The number of hydrogen-bond donors (Lipinski definition) is 1. The van der Waals surface area contributed by atoms with Crippen LogP contribution in [0.4, 0.5) is 16.4 Å². The van der Waals surface area contributed by atoms with Crippen molar-refractivity contribution >= 4 is 29.5 Å². The Labute approximate surface area is 247 Å². The standard InChI is InChI=1S/C31H29N7O5/c1-20-4-3-14-32-25(20)19-36-16-12-31(13-17-36)28(41)37(30(42)38(31)29-33-15-11-26(35-29)43-2)23-9-10-24(34-18-23)21-5-7-22(8-6-21)27(39)40/h3-11,14-15,18H,12-13,16-17,19H2,1-2H3,(H,39,40). The zero-order valence-electron chi connectivity index (χ0n) is 23.7. The number of methoxy groups -OCH3 is 1. The van der Waals surface area contributed by atoms with Crippen LogP contribution >= 0.6 is 0 Å². The van der Waals surface area contributed by atoms with E-state index in [-0.39, 0.29) is 23.3 Å². The highest BCUT2D eigenvalue weighted by Crippen LogP contribution is 2.42. The van der Waals surface area contributed by atoms with Gasteiger partial charge in [-0.15, -0.1) is 0 Å². The number of imide groups is 1. The van der Waals surface area contributed by atoms with Crippen molar-refractivity contribution in [3.8, 4) is 17.1 Å². The zero-order valence-corrected chi connectivity index (χ0v) is 23.7. The second kappa shape index (κ2) is 11.2. The molecule has 5 heterocycles. The minimum Gasteiger partial charge on any atom is -0.481 e. The monoisotopic (exact) mass is 579 g/mol. The van der Waals surface area contributed by atoms with Crippen molar-refractivity contribution in [2.45, 2.75) is 31.8 Å². The van der Waals surface area contributed by atoms with Crippen LogP contribution in [0.25, 0.3) is 11.3 Å². The molecule has 43 heavy (non-hydrogen) atoms. The summed E-state index contributed by atoms with van der Waals surface area (Å²) in [7, 11) is 1.48. The molecule has 3 aromatic heterocycles. The summed E-state index contributed by atoms with van der Waals surface area (Å²) in [5.41, 5.74) is 2.64. The number of pyridine rings is 2. The molecule has 6 rings (SSSR count). The number of urea groups is 1. The summed E-state index contributed by atoms with van der Waals surface area (Å²) in [6, 6.07) is 14.6. The average molecular weight is 580 g/mol. The lowest BCUT2D eigenvalue weighted by molar-refractivity contribution is -0.123. The quantitative estimate of drug-likeness (QED) is 0.320. The molecule has 0 atom stereocenters. The van der Waals surface area contributed by atoms with E-state index >= 15 is 0 Å². The van der Waals surface area contributed by atoms with Gasteiger partial charge in [-0.25, -0.2) is 24.4 Å². The van der Waals surface area contributed by atoms with Crippen LogP contribution in [-0.2, 0) is 11.3 Å². The molecule has 0 saturated carbocycles. The lowest BCUT2D eigenvalue weighted by Crippen LogP contribution is -2.57. The second-order valence-electron chi connectivity index (χ2n) is 10.5. The number of nitrogens with zero attached hydrogens (tertiary/aromatic N) is 7. The summed E-state index contributed by atoms with van der Waals surface area (Å²) in [5, 5.41) is 9.17. The molecule has 2 aliphatic rings. The Bertz CT molecular complexity index is 1690. The molecule has 2 fully saturated rings. The Kier molecular flexibility index (Phi) is 7.28. The number of carboxylic acid groups (broad SMARTS) is 1. The van der Waals surface area contributed by atoms with Gasteiger partial charge in [-0.3, -0.25) is 19.7 Å². The number of carbonyl (C=O) groups is 3. The van der Waals surface area contributed by atoms with Crippen LogP contribution in [0.15, 0.2) is 73.2 Å². The number of aromatic nitrogens is 4. The second-order valence-corrected chi connectivity index (χ2v) is 10.5. The maximum Gasteiger partial charge on any atom is 0.339 e. The highest BCUT2D eigenvalue weighted by atomic mass is 16.5. The van der Waals surface area contributed by atoms with Crippen molar-refractivity contribution < 1.29 is 24.2 Å². The van der Waals surface area contributed by atoms with E-state index in [1.807, 2.05) is 19.1 Å². The van der Waals surface area contributed by atoms with Gasteiger partial charge in [-0.1, -0.05) is 18.2 Å². The van der Waals surface area contributed by atoms with Gasteiger partial charge < -0.3 is 9.84 Å². The van der Waals surface area contributed by atoms with E-state index < -0.39 is 17.5 Å². The third kappa shape index (κ3) is 5.06. The number of hydrogen-bond acceptors (Lipinski definition) is 9. The molecular weight excluding hydrogens is 550 g/mol. The van der Waals surface area contributed by atoms with E-state index in [9.17, 15) is 19.5 Å². The average Bonchev–Trinajstić information content (AvgIpc) is 3.24. The van der Waals surface area contributed by atoms with Crippen molar-refractivity contribution in [3.63, 3.8) is 0 Å². The van der Waals surface area contributed by atoms with E-state index in [0.29, 0.717) is 49.4 Å². The minimum atomic E-state index is -1.19. The maximum atomic E-state index is 14.3. The first-order valence-electron chi connectivity index (χ1n) is 13.8. The Balaban J connectivity index is 1.31. The summed E-state index contributed by atoms with van der Waals surface area (Å²) < 4.78 is 5.29. The fraction of sp³-hybridized carbons (Fsp3) is 0.258. The zero-order chi connectivity index (χ0) is 30.1. The molecule has 1 N–H and O–H groups in total. The number of aryl methyl sites for hydroxylation is 1. The van der Waals surface area contributed by atoms with E-state index in [4.69, 9.17) is 4.74 Å². The summed E-state index contributed by atoms with van der Waals surface area (Å²) >= 11 is 0.